The lowest BCUT2D eigenvalue weighted by Gasteiger charge is -2.25. The van der Waals surface area contributed by atoms with E-state index < -0.39 is 0 Å². The van der Waals surface area contributed by atoms with Crippen molar-refractivity contribution in [2.24, 2.45) is 0 Å². The zero-order valence-electron chi connectivity index (χ0n) is 11.9. The number of hydrogen-bond donors (Lipinski definition) is 1. The molecule has 1 rings (SSSR count). The standard InChI is InChI=1S/C13H23N3O2/c1-6-14-10(9-18-13(2,3)4)11-12(17-5)16-8-7-15-11/h7-8,10,14H,6,9H2,1-5H3. The van der Waals surface area contributed by atoms with Crippen LogP contribution in [0.15, 0.2) is 12.4 Å². The molecule has 5 heteroatoms. The molecular weight excluding hydrogens is 230 g/mol. The molecule has 0 bridgehead atoms. The van der Waals surface area contributed by atoms with Crippen LogP contribution in [0.1, 0.15) is 39.4 Å². The van der Waals surface area contributed by atoms with Crippen molar-refractivity contribution in [2.45, 2.75) is 39.3 Å². The first-order valence-electron chi connectivity index (χ1n) is 6.20. The maximum Gasteiger partial charge on any atom is 0.237 e. The van der Waals surface area contributed by atoms with Gasteiger partial charge in [0, 0.05) is 12.4 Å². The summed E-state index contributed by atoms with van der Waals surface area (Å²) in [4.78, 5) is 8.50. The number of aromatic nitrogens is 2. The summed E-state index contributed by atoms with van der Waals surface area (Å²) in [5, 5.41) is 3.34. The monoisotopic (exact) mass is 253 g/mol. The zero-order valence-corrected chi connectivity index (χ0v) is 11.9. The SMILES string of the molecule is CCNC(COC(C)(C)C)c1nccnc1OC. The van der Waals surface area contributed by atoms with Crippen molar-refractivity contribution < 1.29 is 9.47 Å². The molecule has 0 aliphatic rings. The molecule has 1 N–H and O–H groups in total. The fourth-order valence-electron chi connectivity index (χ4n) is 1.55. The number of likely N-dealkylation sites (N-methyl/N-ethyl adjacent to an activating group) is 1. The maximum absolute atomic E-state index is 5.81. The molecule has 1 aromatic rings. The Labute approximate surface area is 109 Å². The summed E-state index contributed by atoms with van der Waals surface area (Å²) in [6, 6.07) is -0.0159. The van der Waals surface area contributed by atoms with Crippen molar-refractivity contribution in [1.29, 1.82) is 0 Å². The van der Waals surface area contributed by atoms with Crippen molar-refractivity contribution >= 4 is 0 Å². The fourth-order valence-corrected chi connectivity index (χ4v) is 1.55. The molecule has 0 spiro atoms. The smallest absolute Gasteiger partial charge is 0.237 e. The summed E-state index contributed by atoms with van der Waals surface area (Å²) in [5.74, 6) is 0.543. The highest BCUT2D eigenvalue weighted by molar-refractivity contribution is 5.21. The Morgan fingerprint density at radius 1 is 1.28 bits per heavy atom. The lowest BCUT2D eigenvalue weighted by atomic mass is 10.1. The number of ether oxygens (including phenoxy) is 2. The Bertz CT molecular complexity index is 363. The highest BCUT2D eigenvalue weighted by Gasteiger charge is 2.21. The van der Waals surface area contributed by atoms with Gasteiger partial charge in [0.05, 0.1) is 25.4 Å². The first-order chi connectivity index (χ1) is 8.48. The molecule has 0 amide bonds. The molecular formula is C13H23N3O2. The normalized spacial score (nSPS) is 13.4. The second-order valence-corrected chi connectivity index (χ2v) is 4.98. The van der Waals surface area contributed by atoms with Crippen LogP contribution in [0.4, 0.5) is 0 Å². The van der Waals surface area contributed by atoms with Crippen LogP contribution in [-0.4, -0.2) is 35.8 Å². The summed E-state index contributed by atoms with van der Waals surface area (Å²) in [6.45, 7) is 9.51. The van der Waals surface area contributed by atoms with E-state index in [2.05, 4.69) is 15.3 Å². The highest BCUT2D eigenvalue weighted by Crippen LogP contribution is 2.21. The van der Waals surface area contributed by atoms with E-state index in [-0.39, 0.29) is 11.6 Å². The number of hydrogen-bond acceptors (Lipinski definition) is 5. The van der Waals surface area contributed by atoms with Gasteiger partial charge in [-0.2, -0.15) is 0 Å². The van der Waals surface area contributed by atoms with Crippen molar-refractivity contribution in [1.82, 2.24) is 15.3 Å². The molecule has 0 saturated heterocycles. The van der Waals surface area contributed by atoms with E-state index in [0.717, 1.165) is 12.2 Å². The Hall–Kier alpha value is -1.20. The lowest BCUT2D eigenvalue weighted by molar-refractivity contribution is -0.0154. The summed E-state index contributed by atoms with van der Waals surface area (Å²) in [7, 11) is 1.60. The van der Waals surface area contributed by atoms with Crippen LogP contribution in [-0.2, 0) is 4.74 Å². The van der Waals surface area contributed by atoms with Gasteiger partial charge in [-0.05, 0) is 27.3 Å². The van der Waals surface area contributed by atoms with Crippen molar-refractivity contribution in [3.8, 4) is 5.88 Å². The van der Waals surface area contributed by atoms with Gasteiger partial charge in [-0.15, -0.1) is 0 Å². The van der Waals surface area contributed by atoms with Gasteiger partial charge >= 0.3 is 0 Å². The molecule has 0 aliphatic heterocycles. The topological polar surface area (TPSA) is 56.3 Å². The van der Waals surface area contributed by atoms with Gasteiger partial charge < -0.3 is 14.8 Å². The third-order valence-corrected chi connectivity index (χ3v) is 2.35. The number of nitrogens with zero attached hydrogens (tertiary/aromatic N) is 2. The number of methoxy groups -OCH3 is 1. The molecule has 0 aromatic carbocycles. The van der Waals surface area contributed by atoms with Crippen molar-refractivity contribution in [2.75, 3.05) is 20.3 Å². The van der Waals surface area contributed by atoms with Crippen LogP contribution in [0, 0.1) is 0 Å². The van der Waals surface area contributed by atoms with E-state index in [9.17, 15) is 0 Å². The lowest BCUT2D eigenvalue weighted by Crippen LogP contribution is -2.31. The predicted molar refractivity (Wildman–Crippen MR) is 70.7 cm³/mol. The Morgan fingerprint density at radius 2 is 1.94 bits per heavy atom. The van der Waals surface area contributed by atoms with Crippen LogP contribution in [0.3, 0.4) is 0 Å². The van der Waals surface area contributed by atoms with Crippen LogP contribution in [0.2, 0.25) is 0 Å². The van der Waals surface area contributed by atoms with E-state index >= 15 is 0 Å². The predicted octanol–water partition coefficient (Wildman–Crippen LogP) is 1.95. The summed E-state index contributed by atoms with van der Waals surface area (Å²) in [5.41, 5.74) is 0.606. The minimum absolute atomic E-state index is 0.0159. The van der Waals surface area contributed by atoms with Gasteiger partial charge in [0.1, 0.15) is 5.69 Å². The minimum Gasteiger partial charge on any atom is -0.480 e. The average Bonchev–Trinajstić information content (AvgIpc) is 2.33. The number of nitrogens with one attached hydrogen (secondary N) is 1. The van der Waals surface area contributed by atoms with Crippen LogP contribution in [0.25, 0.3) is 0 Å². The Morgan fingerprint density at radius 3 is 2.50 bits per heavy atom. The second-order valence-electron chi connectivity index (χ2n) is 4.98. The van der Waals surface area contributed by atoms with E-state index in [4.69, 9.17) is 9.47 Å². The summed E-state index contributed by atoms with van der Waals surface area (Å²) >= 11 is 0. The maximum atomic E-state index is 5.81. The van der Waals surface area contributed by atoms with E-state index in [1.807, 2.05) is 27.7 Å². The molecule has 1 unspecified atom stereocenters. The minimum atomic E-state index is -0.177. The van der Waals surface area contributed by atoms with Gasteiger partial charge in [-0.3, -0.25) is 4.98 Å². The molecule has 18 heavy (non-hydrogen) atoms. The molecule has 1 aromatic heterocycles. The molecule has 0 fully saturated rings. The van der Waals surface area contributed by atoms with E-state index in [1.54, 1.807) is 19.5 Å². The van der Waals surface area contributed by atoms with Crippen molar-refractivity contribution in [3.63, 3.8) is 0 Å². The molecule has 1 atom stereocenters. The van der Waals surface area contributed by atoms with Crippen molar-refractivity contribution in [3.05, 3.63) is 18.1 Å². The Balaban J connectivity index is 2.83. The second kappa shape index (κ2) is 6.66. The van der Waals surface area contributed by atoms with Crippen LogP contribution < -0.4 is 10.1 Å². The van der Waals surface area contributed by atoms with Crippen LogP contribution >= 0.6 is 0 Å². The van der Waals surface area contributed by atoms with E-state index in [0.29, 0.717) is 12.5 Å². The number of rotatable bonds is 6. The molecule has 0 saturated carbocycles. The van der Waals surface area contributed by atoms with Gasteiger partial charge in [0.2, 0.25) is 5.88 Å². The van der Waals surface area contributed by atoms with E-state index in [1.165, 1.54) is 0 Å². The highest BCUT2D eigenvalue weighted by atomic mass is 16.5. The van der Waals surface area contributed by atoms with Gasteiger partial charge in [-0.1, -0.05) is 6.92 Å². The first kappa shape index (κ1) is 14.9. The van der Waals surface area contributed by atoms with Gasteiger partial charge in [-0.25, -0.2) is 4.98 Å². The third-order valence-electron chi connectivity index (χ3n) is 2.35. The molecule has 102 valence electrons. The Kier molecular flexibility index (Phi) is 5.50. The average molecular weight is 253 g/mol. The molecule has 0 radical (unpaired) electrons. The molecule has 0 aliphatic carbocycles. The van der Waals surface area contributed by atoms with Gasteiger partial charge in [0.15, 0.2) is 0 Å². The third kappa shape index (κ3) is 4.58. The van der Waals surface area contributed by atoms with Crippen LogP contribution in [0.5, 0.6) is 5.88 Å². The first-order valence-corrected chi connectivity index (χ1v) is 6.20. The molecule has 1 heterocycles. The largest absolute Gasteiger partial charge is 0.480 e. The summed E-state index contributed by atoms with van der Waals surface area (Å²) < 4.78 is 11.0. The quantitative estimate of drug-likeness (QED) is 0.839. The molecule has 5 nitrogen and oxygen atoms in total. The zero-order chi connectivity index (χ0) is 13.6. The fraction of sp³-hybridized carbons (Fsp3) is 0.692. The summed E-state index contributed by atoms with van der Waals surface area (Å²) in [6.07, 6.45) is 3.29. The van der Waals surface area contributed by atoms with Gasteiger partial charge in [0.25, 0.3) is 0 Å².